The number of hydrogen-bond donors (Lipinski definition) is 1. The van der Waals surface area contributed by atoms with Crippen molar-refractivity contribution in [2.75, 3.05) is 0 Å². The molecule has 1 aromatic carbocycles. The lowest BCUT2D eigenvalue weighted by atomic mass is 10.1. The van der Waals surface area contributed by atoms with E-state index in [-0.39, 0.29) is 23.1 Å². The number of benzene rings is 1. The number of pyridine rings is 1. The van der Waals surface area contributed by atoms with E-state index in [9.17, 15) is 9.59 Å². The van der Waals surface area contributed by atoms with Crippen LogP contribution in [0, 0.1) is 13.8 Å². The maximum absolute atomic E-state index is 12.6. The van der Waals surface area contributed by atoms with Gasteiger partial charge in [-0.1, -0.05) is 6.07 Å². The van der Waals surface area contributed by atoms with Gasteiger partial charge in [-0.05, 0) is 56.0 Å². The first-order chi connectivity index (χ1) is 12.5. The van der Waals surface area contributed by atoms with Crippen molar-refractivity contribution >= 4 is 16.9 Å². The van der Waals surface area contributed by atoms with Crippen LogP contribution in [0.5, 0.6) is 0 Å². The van der Waals surface area contributed by atoms with E-state index in [4.69, 9.17) is 0 Å². The molecule has 4 rings (SSSR count). The third-order valence-corrected chi connectivity index (χ3v) is 5.12. The molecule has 1 aliphatic rings. The van der Waals surface area contributed by atoms with Crippen molar-refractivity contribution in [2.45, 2.75) is 39.3 Å². The third-order valence-electron chi connectivity index (χ3n) is 5.12. The number of hydrogen-bond acceptors (Lipinski definition) is 3. The number of carbonyl (C=O) groups is 1. The Bertz CT molecular complexity index is 1070. The smallest absolute Gasteiger partial charge is 0.263 e. The van der Waals surface area contributed by atoms with Crippen LogP contribution in [0.2, 0.25) is 0 Å². The zero-order chi connectivity index (χ0) is 18.4. The fourth-order valence-electron chi connectivity index (χ4n) is 3.30. The normalized spacial score (nSPS) is 14.0. The van der Waals surface area contributed by atoms with Gasteiger partial charge in [-0.2, -0.15) is 0 Å². The lowest BCUT2D eigenvalue weighted by molar-refractivity contribution is 0.0948. The molecule has 134 valence electrons. The average Bonchev–Trinajstić information content (AvgIpc) is 3.40. The largest absolute Gasteiger partial charge is 0.348 e. The van der Waals surface area contributed by atoms with Gasteiger partial charge >= 0.3 is 0 Å². The lowest BCUT2D eigenvalue weighted by Gasteiger charge is -2.10. The molecule has 1 fully saturated rings. The molecular weight excluding hydrogens is 328 g/mol. The molecule has 0 atom stereocenters. The minimum atomic E-state index is -0.320. The first kappa shape index (κ1) is 16.6. The van der Waals surface area contributed by atoms with Crippen molar-refractivity contribution in [2.24, 2.45) is 7.05 Å². The summed E-state index contributed by atoms with van der Waals surface area (Å²) < 4.78 is 3.72. The first-order valence-electron chi connectivity index (χ1n) is 8.87. The Kier molecular flexibility index (Phi) is 3.90. The molecule has 1 saturated carbocycles. The number of nitrogens with one attached hydrogen (secondary N) is 1. The summed E-state index contributed by atoms with van der Waals surface area (Å²) in [6.07, 6.45) is 3.81. The fraction of sp³-hybridized carbons (Fsp3) is 0.350. The predicted molar refractivity (Wildman–Crippen MR) is 100 cm³/mol. The second-order valence-corrected chi connectivity index (χ2v) is 7.04. The average molecular weight is 350 g/mol. The molecule has 1 N–H and O–H groups in total. The molecular formula is C20H22N4O2. The van der Waals surface area contributed by atoms with Crippen LogP contribution in [0.1, 0.15) is 46.2 Å². The Morgan fingerprint density at radius 2 is 2.04 bits per heavy atom. The van der Waals surface area contributed by atoms with Gasteiger partial charge in [-0.3, -0.25) is 9.59 Å². The summed E-state index contributed by atoms with van der Waals surface area (Å²) in [6.45, 7) is 4.13. The van der Waals surface area contributed by atoms with Crippen LogP contribution in [-0.4, -0.2) is 20.0 Å². The molecule has 0 spiro atoms. The van der Waals surface area contributed by atoms with Crippen LogP contribution >= 0.6 is 0 Å². The van der Waals surface area contributed by atoms with Crippen molar-refractivity contribution in [1.29, 1.82) is 0 Å². The quantitative estimate of drug-likeness (QED) is 0.786. The highest BCUT2D eigenvalue weighted by atomic mass is 16.2. The maximum Gasteiger partial charge on any atom is 0.263 e. The minimum absolute atomic E-state index is 0.194. The summed E-state index contributed by atoms with van der Waals surface area (Å²) in [5.41, 5.74) is 3.68. The van der Waals surface area contributed by atoms with Gasteiger partial charge in [0.15, 0.2) is 0 Å². The molecule has 1 aliphatic carbocycles. The number of amides is 1. The van der Waals surface area contributed by atoms with Crippen molar-refractivity contribution in [1.82, 2.24) is 19.4 Å². The third kappa shape index (κ3) is 2.81. The van der Waals surface area contributed by atoms with Gasteiger partial charge in [0, 0.05) is 25.8 Å². The van der Waals surface area contributed by atoms with Crippen LogP contribution in [0.25, 0.3) is 11.0 Å². The van der Waals surface area contributed by atoms with Crippen LogP contribution < -0.4 is 10.9 Å². The highest BCUT2D eigenvalue weighted by molar-refractivity contribution is 5.95. The molecule has 2 aromatic heterocycles. The van der Waals surface area contributed by atoms with Gasteiger partial charge in [0.2, 0.25) is 0 Å². The van der Waals surface area contributed by atoms with Crippen LogP contribution in [0.3, 0.4) is 0 Å². The number of imidazole rings is 1. The molecule has 1 amide bonds. The summed E-state index contributed by atoms with van der Waals surface area (Å²) in [5.74, 6) is 0.626. The Labute approximate surface area is 151 Å². The fourth-order valence-corrected chi connectivity index (χ4v) is 3.30. The maximum atomic E-state index is 12.6. The Balaban J connectivity index is 1.56. The van der Waals surface area contributed by atoms with E-state index in [0.717, 1.165) is 35.3 Å². The van der Waals surface area contributed by atoms with Crippen LogP contribution in [0.15, 0.2) is 35.3 Å². The lowest BCUT2D eigenvalue weighted by Crippen LogP contribution is -2.33. The molecule has 0 bridgehead atoms. The van der Waals surface area contributed by atoms with Gasteiger partial charge in [0.1, 0.15) is 11.4 Å². The van der Waals surface area contributed by atoms with Crippen molar-refractivity contribution < 1.29 is 4.79 Å². The van der Waals surface area contributed by atoms with Crippen LogP contribution in [0.4, 0.5) is 0 Å². The van der Waals surface area contributed by atoms with Crippen molar-refractivity contribution in [3.05, 3.63) is 63.3 Å². The predicted octanol–water partition coefficient (Wildman–Crippen LogP) is 2.62. The van der Waals surface area contributed by atoms with E-state index >= 15 is 0 Å². The summed E-state index contributed by atoms with van der Waals surface area (Å²) in [6, 6.07) is 8.05. The molecule has 3 aromatic rings. The highest BCUT2D eigenvalue weighted by Gasteiger charge is 2.26. The Morgan fingerprint density at radius 1 is 1.27 bits per heavy atom. The Hall–Kier alpha value is -2.89. The molecule has 26 heavy (non-hydrogen) atoms. The van der Waals surface area contributed by atoms with Crippen LogP contribution in [-0.2, 0) is 13.6 Å². The van der Waals surface area contributed by atoms with E-state index in [1.165, 1.54) is 0 Å². The zero-order valence-electron chi connectivity index (χ0n) is 15.2. The highest BCUT2D eigenvalue weighted by Crippen LogP contribution is 2.33. The molecule has 0 unspecified atom stereocenters. The molecule has 6 heteroatoms. The molecule has 2 heterocycles. The summed E-state index contributed by atoms with van der Waals surface area (Å²) >= 11 is 0. The number of aromatic nitrogens is 3. The second kappa shape index (κ2) is 6.12. The molecule has 0 radical (unpaired) electrons. The van der Waals surface area contributed by atoms with Gasteiger partial charge in [-0.25, -0.2) is 4.98 Å². The minimum Gasteiger partial charge on any atom is -0.348 e. The van der Waals surface area contributed by atoms with E-state index in [1.54, 1.807) is 17.7 Å². The number of aryl methyl sites for hydroxylation is 3. The molecule has 0 aliphatic heterocycles. The summed E-state index contributed by atoms with van der Waals surface area (Å²) in [4.78, 5) is 29.8. The first-order valence-corrected chi connectivity index (χ1v) is 8.87. The van der Waals surface area contributed by atoms with Crippen molar-refractivity contribution in [3.8, 4) is 0 Å². The Morgan fingerprint density at radius 3 is 2.77 bits per heavy atom. The standard InChI is InChI=1S/C20H22N4O2/c1-12-8-9-24(15-5-6-15)20(26)18(12)19(25)21-11-14-4-7-17-16(10-14)22-13(2)23(17)3/h4,7-10,15H,5-6,11H2,1-3H3,(H,21,25). The van der Waals surface area contributed by atoms with Gasteiger partial charge < -0.3 is 14.5 Å². The number of rotatable bonds is 4. The summed E-state index contributed by atoms with van der Waals surface area (Å²) in [5, 5.41) is 2.88. The van der Waals surface area contributed by atoms with E-state index < -0.39 is 0 Å². The SMILES string of the molecule is Cc1ccn(C2CC2)c(=O)c1C(=O)NCc1ccc2c(c1)nc(C)n2C. The number of nitrogens with zero attached hydrogens (tertiary/aromatic N) is 3. The van der Waals surface area contributed by atoms with E-state index in [0.29, 0.717) is 12.1 Å². The van der Waals surface area contributed by atoms with Gasteiger partial charge in [-0.15, -0.1) is 0 Å². The van der Waals surface area contributed by atoms with Gasteiger partial charge in [0.05, 0.1) is 11.0 Å². The van der Waals surface area contributed by atoms with Crippen molar-refractivity contribution in [3.63, 3.8) is 0 Å². The molecule has 6 nitrogen and oxygen atoms in total. The topological polar surface area (TPSA) is 68.9 Å². The van der Waals surface area contributed by atoms with E-state index in [1.807, 2.05) is 42.8 Å². The molecule has 0 saturated heterocycles. The number of carbonyl (C=O) groups excluding carboxylic acids is 1. The monoisotopic (exact) mass is 350 g/mol. The number of fused-ring (bicyclic) bond motifs is 1. The van der Waals surface area contributed by atoms with E-state index in [2.05, 4.69) is 10.3 Å². The van der Waals surface area contributed by atoms with Gasteiger partial charge in [0.25, 0.3) is 11.5 Å². The zero-order valence-corrected chi connectivity index (χ0v) is 15.2. The second-order valence-electron chi connectivity index (χ2n) is 7.04. The summed E-state index contributed by atoms with van der Waals surface area (Å²) in [7, 11) is 1.98.